The molecule has 0 bridgehead atoms. The van der Waals surface area contributed by atoms with Gasteiger partial charge in [0.05, 0.1) is 0 Å². The summed E-state index contributed by atoms with van der Waals surface area (Å²) in [6, 6.07) is 7.66. The van der Waals surface area contributed by atoms with E-state index in [4.69, 9.17) is 5.73 Å². The number of hydrogen-bond donors (Lipinski definition) is 3. The minimum Gasteiger partial charge on any atom is -0.335 e. The summed E-state index contributed by atoms with van der Waals surface area (Å²) in [5.74, 6) is 0. The molecule has 0 spiro atoms. The van der Waals surface area contributed by atoms with Gasteiger partial charge in [0.25, 0.3) is 0 Å². The quantitative estimate of drug-likeness (QED) is 0.749. The summed E-state index contributed by atoms with van der Waals surface area (Å²) in [5.41, 5.74) is 7.59. The van der Waals surface area contributed by atoms with Crippen LogP contribution >= 0.6 is 0 Å². The molecule has 0 fully saturated rings. The Morgan fingerprint density at radius 1 is 1.41 bits per heavy atom. The SMILES string of the molecule is Cc1cccc(NC(=O)NC(C)CC(C)N)c1. The van der Waals surface area contributed by atoms with Gasteiger partial charge in [-0.1, -0.05) is 12.1 Å². The van der Waals surface area contributed by atoms with Gasteiger partial charge < -0.3 is 16.4 Å². The largest absolute Gasteiger partial charge is 0.335 e. The number of nitrogens with one attached hydrogen (secondary N) is 2. The van der Waals surface area contributed by atoms with Crippen LogP contribution in [0, 0.1) is 6.92 Å². The second kappa shape index (κ2) is 6.25. The monoisotopic (exact) mass is 235 g/mol. The Balaban J connectivity index is 2.44. The lowest BCUT2D eigenvalue weighted by atomic mass is 10.1. The van der Waals surface area contributed by atoms with Crippen molar-refractivity contribution in [2.24, 2.45) is 5.73 Å². The normalized spacial score (nSPS) is 13.9. The molecule has 0 aromatic heterocycles. The molecule has 1 aromatic carbocycles. The molecular formula is C13H21N3O. The van der Waals surface area contributed by atoms with Gasteiger partial charge in [0.1, 0.15) is 0 Å². The average molecular weight is 235 g/mol. The molecule has 2 amide bonds. The molecule has 0 aliphatic heterocycles. The third-order valence-corrected chi connectivity index (χ3v) is 2.38. The van der Waals surface area contributed by atoms with Crippen LogP contribution in [0.25, 0.3) is 0 Å². The Hall–Kier alpha value is -1.55. The van der Waals surface area contributed by atoms with E-state index in [1.165, 1.54) is 0 Å². The molecule has 4 N–H and O–H groups in total. The number of carbonyl (C=O) groups is 1. The van der Waals surface area contributed by atoms with E-state index in [2.05, 4.69) is 10.6 Å². The van der Waals surface area contributed by atoms with Gasteiger partial charge in [0, 0.05) is 17.8 Å². The first kappa shape index (κ1) is 13.5. The summed E-state index contributed by atoms with van der Waals surface area (Å²) in [6.45, 7) is 5.86. The van der Waals surface area contributed by atoms with Crippen LogP contribution in [0.15, 0.2) is 24.3 Å². The maximum atomic E-state index is 11.7. The lowest BCUT2D eigenvalue weighted by molar-refractivity contribution is 0.248. The number of aryl methyl sites for hydroxylation is 1. The number of benzene rings is 1. The topological polar surface area (TPSA) is 67.2 Å². The molecule has 2 unspecified atom stereocenters. The minimum atomic E-state index is -0.191. The van der Waals surface area contributed by atoms with Gasteiger partial charge in [0.2, 0.25) is 0 Å². The molecule has 1 aromatic rings. The third-order valence-electron chi connectivity index (χ3n) is 2.38. The standard InChI is InChI=1S/C13H21N3O/c1-9-5-4-6-12(7-9)16-13(17)15-11(3)8-10(2)14/h4-7,10-11H,8,14H2,1-3H3,(H2,15,16,17). The van der Waals surface area contributed by atoms with Gasteiger partial charge in [-0.25, -0.2) is 4.79 Å². The number of amides is 2. The minimum absolute atomic E-state index is 0.0693. The Morgan fingerprint density at radius 2 is 2.12 bits per heavy atom. The predicted octanol–water partition coefficient (Wildman–Crippen LogP) is 2.24. The molecule has 0 heterocycles. The second-order valence-electron chi connectivity index (χ2n) is 4.58. The molecular weight excluding hydrogens is 214 g/mol. The molecule has 4 nitrogen and oxygen atoms in total. The molecule has 0 saturated heterocycles. The second-order valence-corrected chi connectivity index (χ2v) is 4.58. The molecule has 0 saturated carbocycles. The van der Waals surface area contributed by atoms with E-state index < -0.39 is 0 Å². The van der Waals surface area contributed by atoms with Crippen LogP contribution < -0.4 is 16.4 Å². The fourth-order valence-corrected chi connectivity index (χ4v) is 1.73. The van der Waals surface area contributed by atoms with Crippen molar-refractivity contribution in [3.05, 3.63) is 29.8 Å². The van der Waals surface area contributed by atoms with Crippen molar-refractivity contribution in [1.29, 1.82) is 0 Å². The summed E-state index contributed by atoms with van der Waals surface area (Å²) in [6.07, 6.45) is 0.765. The molecule has 0 aliphatic rings. The summed E-state index contributed by atoms with van der Waals surface area (Å²) in [5, 5.41) is 5.65. The zero-order valence-electron chi connectivity index (χ0n) is 10.7. The van der Waals surface area contributed by atoms with Crippen LogP contribution in [0.2, 0.25) is 0 Å². The van der Waals surface area contributed by atoms with E-state index in [1.807, 2.05) is 45.0 Å². The number of urea groups is 1. The van der Waals surface area contributed by atoms with Gasteiger partial charge in [-0.3, -0.25) is 0 Å². The van der Waals surface area contributed by atoms with E-state index >= 15 is 0 Å². The van der Waals surface area contributed by atoms with Gasteiger partial charge in [0.15, 0.2) is 0 Å². The highest BCUT2D eigenvalue weighted by Gasteiger charge is 2.08. The molecule has 94 valence electrons. The van der Waals surface area contributed by atoms with Crippen LogP contribution in [0.3, 0.4) is 0 Å². The Morgan fingerprint density at radius 3 is 2.71 bits per heavy atom. The van der Waals surface area contributed by atoms with Crippen molar-refractivity contribution < 1.29 is 4.79 Å². The van der Waals surface area contributed by atoms with Crippen molar-refractivity contribution in [2.45, 2.75) is 39.3 Å². The first-order valence-corrected chi connectivity index (χ1v) is 5.87. The molecule has 0 aliphatic carbocycles. The Labute approximate surface area is 103 Å². The lowest BCUT2D eigenvalue weighted by Crippen LogP contribution is -2.39. The fourth-order valence-electron chi connectivity index (χ4n) is 1.73. The van der Waals surface area contributed by atoms with E-state index in [0.717, 1.165) is 17.7 Å². The third kappa shape index (κ3) is 5.36. The van der Waals surface area contributed by atoms with E-state index in [0.29, 0.717) is 0 Å². The Kier molecular flexibility index (Phi) is 4.97. The van der Waals surface area contributed by atoms with Crippen LogP contribution in [0.4, 0.5) is 10.5 Å². The smallest absolute Gasteiger partial charge is 0.319 e. The van der Waals surface area contributed by atoms with Crippen LogP contribution in [0.1, 0.15) is 25.8 Å². The highest BCUT2D eigenvalue weighted by molar-refractivity contribution is 5.89. The maximum Gasteiger partial charge on any atom is 0.319 e. The first-order chi connectivity index (χ1) is 7.97. The molecule has 1 rings (SSSR count). The molecule has 4 heteroatoms. The van der Waals surface area contributed by atoms with Crippen LogP contribution in [0.5, 0.6) is 0 Å². The summed E-state index contributed by atoms with van der Waals surface area (Å²) in [7, 11) is 0. The van der Waals surface area contributed by atoms with E-state index in [1.54, 1.807) is 0 Å². The first-order valence-electron chi connectivity index (χ1n) is 5.87. The Bertz CT molecular complexity index is 377. The number of hydrogen-bond acceptors (Lipinski definition) is 2. The lowest BCUT2D eigenvalue weighted by Gasteiger charge is -2.16. The van der Waals surface area contributed by atoms with Gasteiger partial charge >= 0.3 is 6.03 Å². The van der Waals surface area contributed by atoms with Crippen molar-refractivity contribution in [2.75, 3.05) is 5.32 Å². The zero-order valence-corrected chi connectivity index (χ0v) is 10.7. The number of rotatable bonds is 4. The fraction of sp³-hybridized carbons (Fsp3) is 0.462. The summed E-state index contributed by atoms with van der Waals surface area (Å²) < 4.78 is 0. The molecule has 17 heavy (non-hydrogen) atoms. The van der Waals surface area contributed by atoms with Crippen molar-refractivity contribution in [1.82, 2.24) is 5.32 Å². The van der Waals surface area contributed by atoms with Crippen LogP contribution in [-0.2, 0) is 0 Å². The van der Waals surface area contributed by atoms with Crippen molar-refractivity contribution in [3.8, 4) is 0 Å². The number of carbonyl (C=O) groups excluding carboxylic acids is 1. The van der Waals surface area contributed by atoms with Crippen LogP contribution in [-0.4, -0.2) is 18.1 Å². The highest BCUT2D eigenvalue weighted by atomic mass is 16.2. The van der Waals surface area contributed by atoms with Crippen molar-refractivity contribution >= 4 is 11.7 Å². The van der Waals surface area contributed by atoms with E-state index in [-0.39, 0.29) is 18.1 Å². The summed E-state index contributed by atoms with van der Waals surface area (Å²) in [4.78, 5) is 11.7. The van der Waals surface area contributed by atoms with Gasteiger partial charge in [-0.15, -0.1) is 0 Å². The number of anilines is 1. The van der Waals surface area contributed by atoms with E-state index in [9.17, 15) is 4.79 Å². The molecule has 0 radical (unpaired) electrons. The van der Waals surface area contributed by atoms with Gasteiger partial charge in [-0.05, 0) is 44.9 Å². The van der Waals surface area contributed by atoms with Gasteiger partial charge in [-0.2, -0.15) is 0 Å². The maximum absolute atomic E-state index is 11.7. The van der Waals surface area contributed by atoms with Crippen molar-refractivity contribution in [3.63, 3.8) is 0 Å². The zero-order chi connectivity index (χ0) is 12.8. The highest BCUT2D eigenvalue weighted by Crippen LogP contribution is 2.09. The summed E-state index contributed by atoms with van der Waals surface area (Å²) >= 11 is 0. The number of nitrogens with two attached hydrogens (primary N) is 1. The average Bonchev–Trinajstić information content (AvgIpc) is 2.14. The molecule has 2 atom stereocenters. The predicted molar refractivity (Wildman–Crippen MR) is 71.1 cm³/mol.